The first-order valence-corrected chi connectivity index (χ1v) is 8.29. The number of ether oxygens (including phenoxy) is 2. The molecule has 0 amide bonds. The molecule has 1 unspecified atom stereocenters. The Bertz CT molecular complexity index is 515. The molecule has 122 valence electrons. The molecule has 0 heterocycles. The third-order valence-corrected chi connectivity index (χ3v) is 4.47. The van der Waals surface area contributed by atoms with E-state index >= 15 is 0 Å². The van der Waals surface area contributed by atoms with Crippen molar-refractivity contribution in [3.8, 4) is 11.5 Å². The van der Waals surface area contributed by atoms with Gasteiger partial charge in [0.1, 0.15) is 0 Å². The largest absolute Gasteiger partial charge is 0.493 e. The lowest BCUT2D eigenvalue weighted by Crippen LogP contribution is -2.17. The van der Waals surface area contributed by atoms with Crippen LogP contribution in [0.25, 0.3) is 0 Å². The fourth-order valence-corrected chi connectivity index (χ4v) is 3.15. The van der Waals surface area contributed by atoms with Gasteiger partial charge in [0.15, 0.2) is 11.5 Å². The van der Waals surface area contributed by atoms with Gasteiger partial charge in [0, 0.05) is 5.54 Å². The zero-order chi connectivity index (χ0) is 16.1. The van der Waals surface area contributed by atoms with Crippen LogP contribution in [0.1, 0.15) is 51.2 Å². The number of hydrogen-bond acceptors (Lipinski definition) is 3. The van der Waals surface area contributed by atoms with Crippen LogP contribution in [0.3, 0.4) is 0 Å². The van der Waals surface area contributed by atoms with Crippen molar-refractivity contribution in [1.82, 2.24) is 0 Å². The molecule has 2 rings (SSSR count). The number of aliphatic hydroxyl groups is 1. The molecule has 1 fully saturated rings. The number of benzene rings is 1. The van der Waals surface area contributed by atoms with E-state index in [0.29, 0.717) is 11.5 Å². The minimum Gasteiger partial charge on any atom is -0.493 e. The molecule has 0 aromatic heterocycles. The van der Waals surface area contributed by atoms with E-state index in [4.69, 9.17) is 21.1 Å². The number of aliphatic hydroxyl groups excluding tert-OH is 1. The standard InChI is InChI=1S/C18H25ClO3/c1-12(2)22-17-10-15(8-9-16(17)21-3)18(20)14-6-4-13(11-19)5-7-14/h8-12,14,18,20H,4-7H2,1-3H3. The van der Waals surface area contributed by atoms with Crippen LogP contribution in [0, 0.1) is 5.92 Å². The van der Waals surface area contributed by atoms with Crippen molar-refractivity contribution >= 4 is 11.6 Å². The minimum absolute atomic E-state index is 0.0624. The average Bonchev–Trinajstić information content (AvgIpc) is 2.53. The second kappa shape index (κ2) is 7.89. The average molecular weight is 325 g/mol. The molecule has 0 aliphatic heterocycles. The molecule has 1 N–H and O–H groups in total. The zero-order valence-corrected chi connectivity index (χ0v) is 14.3. The Hall–Kier alpha value is -1.19. The fraction of sp³-hybridized carbons (Fsp3) is 0.556. The van der Waals surface area contributed by atoms with Gasteiger partial charge >= 0.3 is 0 Å². The summed E-state index contributed by atoms with van der Waals surface area (Å²) >= 11 is 5.77. The maximum atomic E-state index is 10.7. The number of allylic oxidation sites excluding steroid dienone is 1. The number of rotatable bonds is 5. The van der Waals surface area contributed by atoms with Crippen LogP contribution >= 0.6 is 11.6 Å². The van der Waals surface area contributed by atoms with Crippen LogP contribution < -0.4 is 9.47 Å². The molecule has 0 saturated heterocycles. The van der Waals surface area contributed by atoms with Crippen LogP contribution in [0.5, 0.6) is 11.5 Å². The van der Waals surface area contributed by atoms with Gasteiger partial charge in [-0.25, -0.2) is 0 Å². The molecule has 1 aliphatic carbocycles. The summed E-state index contributed by atoms with van der Waals surface area (Å²) in [5.41, 5.74) is 3.85. The van der Waals surface area contributed by atoms with Gasteiger partial charge in [-0.05, 0) is 63.1 Å². The number of halogens is 1. The fourth-order valence-electron chi connectivity index (χ4n) is 2.93. The Labute approximate surface area is 137 Å². The zero-order valence-electron chi connectivity index (χ0n) is 13.5. The lowest BCUT2D eigenvalue weighted by molar-refractivity contribution is 0.0913. The maximum absolute atomic E-state index is 10.7. The van der Waals surface area contributed by atoms with Crippen LogP contribution in [-0.4, -0.2) is 18.3 Å². The SMILES string of the molecule is COc1ccc(C(O)C2CCC(=CCl)CC2)cc1OC(C)C. The smallest absolute Gasteiger partial charge is 0.161 e. The van der Waals surface area contributed by atoms with Crippen molar-refractivity contribution in [2.75, 3.05) is 7.11 Å². The molecule has 1 aromatic rings. The second-order valence-corrected chi connectivity index (χ2v) is 6.34. The van der Waals surface area contributed by atoms with Gasteiger partial charge in [0.05, 0.1) is 19.3 Å². The topological polar surface area (TPSA) is 38.7 Å². The summed E-state index contributed by atoms with van der Waals surface area (Å²) in [6.45, 7) is 3.95. The normalized spacial score (nSPS) is 19.9. The summed E-state index contributed by atoms with van der Waals surface area (Å²) in [7, 11) is 1.62. The van der Waals surface area contributed by atoms with Crippen molar-refractivity contribution in [3.05, 3.63) is 34.9 Å². The van der Waals surface area contributed by atoms with Gasteiger partial charge < -0.3 is 14.6 Å². The molecule has 1 atom stereocenters. The summed E-state index contributed by atoms with van der Waals surface area (Å²) in [6.07, 6.45) is 3.45. The van der Waals surface area contributed by atoms with E-state index in [1.807, 2.05) is 32.0 Å². The predicted octanol–water partition coefficient (Wildman–Crippen LogP) is 4.83. The van der Waals surface area contributed by atoms with E-state index in [9.17, 15) is 5.11 Å². The second-order valence-electron chi connectivity index (χ2n) is 6.13. The Balaban J connectivity index is 2.14. The molecule has 1 aliphatic rings. The first kappa shape index (κ1) is 17.2. The molecule has 1 saturated carbocycles. The van der Waals surface area contributed by atoms with Crippen molar-refractivity contribution in [3.63, 3.8) is 0 Å². The molecule has 0 bridgehead atoms. The van der Waals surface area contributed by atoms with Gasteiger partial charge in [0.25, 0.3) is 0 Å². The molecule has 3 nitrogen and oxygen atoms in total. The molecular weight excluding hydrogens is 300 g/mol. The minimum atomic E-state index is -0.475. The lowest BCUT2D eigenvalue weighted by atomic mass is 9.81. The van der Waals surface area contributed by atoms with Gasteiger partial charge in [0.2, 0.25) is 0 Å². The molecule has 1 aromatic carbocycles. The first-order valence-electron chi connectivity index (χ1n) is 7.86. The summed E-state index contributed by atoms with van der Waals surface area (Å²) in [4.78, 5) is 0. The van der Waals surface area contributed by atoms with E-state index in [1.165, 1.54) is 5.57 Å². The predicted molar refractivity (Wildman–Crippen MR) is 89.6 cm³/mol. The van der Waals surface area contributed by atoms with Crippen molar-refractivity contribution in [2.45, 2.75) is 51.7 Å². The van der Waals surface area contributed by atoms with Crippen molar-refractivity contribution < 1.29 is 14.6 Å². The summed E-state index contributed by atoms with van der Waals surface area (Å²) < 4.78 is 11.1. The highest BCUT2D eigenvalue weighted by molar-refractivity contribution is 6.25. The van der Waals surface area contributed by atoms with E-state index < -0.39 is 6.10 Å². The Morgan fingerprint density at radius 1 is 1.23 bits per heavy atom. The van der Waals surface area contributed by atoms with Gasteiger partial charge in [-0.3, -0.25) is 0 Å². The number of hydrogen-bond donors (Lipinski definition) is 1. The first-order chi connectivity index (χ1) is 10.5. The Kier molecular flexibility index (Phi) is 6.16. The highest BCUT2D eigenvalue weighted by atomic mass is 35.5. The highest BCUT2D eigenvalue weighted by Gasteiger charge is 2.25. The van der Waals surface area contributed by atoms with E-state index in [-0.39, 0.29) is 12.0 Å². The summed E-state index contributed by atoms with van der Waals surface area (Å²) in [6, 6.07) is 5.68. The molecule has 0 spiro atoms. The molecule has 22 heavy (non-hydrogen) atoms. The molecule has 0 radical (unpaired) electrons. The van der Waals surface area contributed by atoms with Gasteiger partial charge in [-0.15, -0.1) is 0 Å². The molecule has 4 heteroatoms. The van der Waals surface area contributed by atoms with E-state index in [1.54, 1.807) is 12.6 Å². The van der Waals surface area contributed by atoms with E-state index in [2.05, 4.69) is 0 Å². The van der Waals surface area contributed by atoms with Crippen LogP contribution in [0.4, 0.5) is 0 Å². The molecular formula is C18H25ClO3. The van der Waals surface area contributed by atoms with Crippen LogP contribution in [-0.2, 0) is 0 Å². The lowest BCUT2D eigenvalue weighted by Gasteiger charge is -2.28. The van der Waals surface area contributed by atoms with Gasteiger partial charge in [-0.2, -0.15) is 0 Å². The van der Waals surface area contributed by atoms with Crippen LogP contribution in [0.2, 0.25) is 0 Å². The van der Waals surface area contributed by atoms with Crippen molar-refractivity contribution in [2.24, 2.45) is 5.92 Å². The van der Waals surface area contributed by atoms with Gasteiger partial charge in [-0.1, -0.05) is 23.2 Å². The third-order valence-electron chi connectivity index (χ3n) is 4.17. The Morgan fingerprint density at radius 2 is 1.91 bits per heavy atom. The monoisotopic (exact) mass is 324 g/mol. The third kappa shape index (κ3) is 4.17. The van der Waals surface area contributed by atoms with Crippen molar-refractivity contribution in [1.29, 1.82) is 0 Å². The number of methoxy groups -OCH3 is 1. The van der Waals surface area contributed by atoms with Crippen LogP contribution in [0.15, 0.2) is 29.3 Å². The summed E-state index contributed by atoms with van der Waals surface area (Å²) in [5.74, 6) is 1.65. The Morgan fingerprint density at radius 3 is 2.45 bits per heavy atom. The van der Waals surface area contributed by atoms with E-state index in [0.717, 1.165) is 31.2 Å². The quantitative estimate of drug-likeness (QED) is 0.843. The summed E-state index contributed by atoms with van der Waals surface area (Å²) in [5, 5.41) is 10.7. The highest BCUT2D eigenvalue weighted by Crippen LogP contribution is 2.39. The maximum Gasteiger partial charge on any atom is 0.161 e.